The number of thiophene rings is 1. The van der Waals surface area contributed by atoms with Crippen molar-refractivity contribution in [1.29, 1.82) is 0 Å². The molecule has 2 N–H and O–H groups in total. The molecule has 1 aliphatic rings. The molecule has 0 unspecified atom stereocenters. The molecule has 0 bridgehead atoms. The maximum atomic E-state index is 11.8. The first kappa shape index (κ1) is 15.5. The van der Waals surface area contributed by atoms with Gasteiger partial charge >= 0.3 is 11.8 Å². The molecule has 0 radical (unpaired) electrons. The molecule has 2 aromatic heterocycles. The van der Waals surface area contributed by atoms with E-state index in [4.69, 9.17) is 4.42 Å². The van der Waals surface area contributed by atoms with E-state index in [1.807, 2.05) is 5.38 Å². The lowest BCUT2D eigenvalue weighted by Crippen LogP contribution is -2.45. The van der Waals surface area contributed by atoms with Gasteiger partial charge in [0.15, 0.2) is 0 Å². The summed E-state index contributed by atoms with van der Waals surface area (Å²) < 4.78 is 5.89. The first-order valence-electron chi connectivity index (χ1n) is 7.34. The van der Waals surface area contributed by atoms with Crippen molar-refractivity contribution < 1.29 is 14.0 Å². The van der Waals surface area contributed by atoms with Gasteiger partial charge in [0.05, 0.1) is 4.88 Å². The summed E-state index contributed by atoms with van der Waals surface area (Å²) in [6, 6.07) is 3.13. The number of carbonyl (C=O) groups is 2. The summed E-state index contributed by atoms with van der Waals surface area (Å²) in [5.74, 6) is -1.19. The molecule has 23 heavy (non-hydrogen) atoms. The highest BCUT2D eigenvalue weighted by Gasteiger charge is 2.19. The Morgan fingerprint density at radius 3 is 2.87 bits per heavy atom. The van der Waals surface area contributed by atoms with Gasteiger partial charge in [0.25, 0.3) is 5.89 Å². The normalized spacial score (nSPS) is 14.8. The summed E-state index contributed by atoms with van der Waals surface area (Å²) in [6.45, 7) is -0.369. The third-order valence-electron chi connectivity index (χ3n) is 3.57. The Bertz CT molecular complexity index is 743. The lowest BCUT2D eigenvalue weighted by Gasteiger charge is -2.11. The number of imide groups is 1. The van der Waals surface area contributed by atoms with Gasteiger partial charge in [0, 0.05) is 6.04 Å². The Hall–Kier alpha value is -2.42. The van der Waals surface area contributed by atoms with Gasteiger partial charge in [-0.1, -0.05) is 18.9 Å². The van der Waals surface area contributed by atoms with Crippen molar-refractivity contribution in [3.05, 3.63) is 28.1 Å². The number of nitrogens with zero attached hydrogens (tertiary/aromatic N) is 2. The molecule has 0 aromatic carbocycles. The van der Waals surface area contributed by atoms with Crippen LogP contribution in [0.25, 0.3) is 10.8 Å². The van der Waals surface area contributed by atoms with E-state index in [1.54, 1.807) is 12.1 Å². The van der Waals surface area contributed by atoms with Crippen molar-refractivity contribution in [3.63, 3.8) is 0 Å². The van der Waals surface area contributed by atoms with Gasteiger partial charge in [-0.05, 0) is 24.3 Å². The minimum Gasteiger partial charge on any atom is -0.387 e. The summed E-state index contributed by atoms with van der Waals surface area (Å²) in [4.78, 5) is 35.9. The summed E-state index contributed by atoms with van der Waals surface area (Å²) in [5.41, 5.74) is 0. The molecule has 122 valence electrons. The van der Waals surface area contributed by atoms with Gasteiger partial charge in [0.2, 0.25) is 5.91 Å². The van der Waals surface area contributed by atoms with Crippen LogP contribution in [0, 0.1) is 0 Å². The second-order valence-electron chi connectivity index (χ2n) is 5.31. The molecule has 1 aliphatic carbocycles. The highest BCUT2D eigenvalue weighted by Crippen LogP contribution is 2.21. The van der Waals surface area contributed by atoms with Crippen LogP contribution in [-0.2, 0) is 11.3 Å². The van der Waals surface area contributed by atoms with Crippen molar-refractivity contribution >= 4 is 23.3 Å². The number of aromatic nitrogens is 2. The second kappa shape index (κ2) is 6.78. The minimum atomic E-state index is -0.736. The lowest BCUT2D eigenvalue weighted by molar-refractivity contribution is -0.120. The zero-order valence-electron chi connectivity index (χ0n) is 12.3. The zero-order chi connectivity index (χ0) is 16.2. The molecule has 0 saturated heterocycles. The molecule has 1 fully saturated rings. The first-order valence-corrected chi connectivity index (χ1v) is 8.22. The van der Waals surface area contributed by atoms with Gasteiger partial charge in [0.1, 0.15) is 6.54 Å². The fraction of sp³-hybridized carbons (Fsp3) is 0.429. The van der Waals surface area contributed by atoms with Gasteiger partial charge in [-0.3, -0.25) is 10.1 Å². The number of urea groups is 1. The van der Waals surface area contributed by atoms with Crippen LogP contribution < -0.4 is 16.4 Å². The smallest absolute Gasteiger partial charge is 0.387 e. The molecule has 0 spiro atoms. The molecular weight excluding hydrogens is 320 g/mol. The van der Waals surface area contributed by atoms with Crippen molar-refractivity contribution in [2.45, 2.75) is 38.3 Å². The number of amides is 3. The largest absolute Gasteiger partial charge is 0.437 e. The number of hydrogen-bond acceptors (Lipinski definition) is 6. The van der Waals surface area contributed by atoms with Gasteiger partial charge in [-0.25, -0.2) is 9.59 Å². The van der Waals surface area contributed by atoms with E-state index in [0.717, 1.165) is 30.4 Å². The topological polar surface area (TPSA) is 106 Å². The molecule has 8 nitrogen and oxygen atoms in total. The van der Waals surface area contributed by atoms with Crippen LogP contribution in [0.2, 0.25) is 0 Å². The second-order valence-corrected chi connectivity index (χ2v) is 6.26. The monoisotopic (exact) mass is 336 g/mol. The Morgan fingerprint density at radius 1 is 1.39 bits per heavy atom. The maximum Gasteiger partial charge on any atom is 0.437 e. The summed E-state index contributed by atoms with van der Waals surface area (Å²) in [5, 5.41) is 10.7. The predicted molar refractivity (Wildman–Crippen MR) is 83.0 cm³/mol. The molecule has 0 atom stereocenters. The van der Waals surface area contributed by atoms with Gasteiger partial charge < -0.3 is 9.73 Å². The fourth-order valence-electron chi connectivity index (χ4n) is 2.50. The number of hydrogen-bond donors (Lipinski definition) is 2. The van der Waals surface area contributed by atoms with Crippen LogP contribution in [0.15, 0.2) is 26.7 Å². The molecule has 3 amide bonds. The predicted octanol–water partition coefficient (Wildman–Crippen LogP) is 1.33. The van der Waals surface area contributed by atoms with E-state index in [9.17, 15) is 14.4 Å². The van der Waals surface area contributed by atoms with E-state index >= 15 is 0 Å². The number of carbonyl (C=O) groups excluding carboxylic acids is 2. The van der Waals surface area contributed by atoms with E-state index in [1.165, 1.54) is 11.3 Å². The third-order valence-corrected chi connectivity index (χ3v) is 4.43. The van der Waals surface area contributed by atoms with Gasteiger partial charge in [-0.2, -0.15) is 4.68 Å². The molecule has 9 heteroatoms. The molecule has 3 rings (SSSR count). The third kappa shape index (κ3) is 3.86. The van der Waals surface area contributed by atoms with Gasteiger partial charge in [-0.15, -0.1) is 16.4 Å². The standard InChI is InChI=1S/C14H16N4O4S/c19-11(16-13(20)15-9-4-1-2-5-9)8-18-14(21)22-12(17-18)10-6-3-7-23-10/h3,6-7,9H,1-2,4-5,8H2,(H2,15,16,19,20). The van der Waals surface area contributed by atoms with Crippen LogP contribution in [0.4, 0.5) is 4.79 Å². The summed E-state index contributed by atoms with van der Waals surface area (Å²) >= 11 is 1.37. The highest BCUT2D eigenvalue weighted by atomic mass is 32.1. The van der Waals surface area contributed by atoms with Crippen LogP contribution >= 0.6 is 11.3 Å². The Kier molecular flexibility index (Phi) is 4.56. The van der Waals surface area contributed by atoms with Crippen molar-refractivity contribution in [2.24, 2.45) is 0 Å². The van der Waals surface area contributed by atoms with Crippen molar-refractivity contribution in [3.8, 4) is 10.8 Å². The van der Waals surface area contributed by atoms with E-state index < -0.39 is 17.7 Å². The van der Waals surface area contributed by atoms with Crippen LogP contribution in [-0.4, -0.2) is 27.8 Å². The first-order chi connectivity index (χ1) is 11.1. The SMILES string of the molecule is O=C(Cn1nc(-c2cccs2)oc1=O)NC(=O)NC1CCCC1. The average Bonchev–Trinajstić information content (AvgIpc) is 3.21. The Balaban J connectivity index is 1.57. The van der Waals surface area contributed by atoms with Crippen LogP contribution in [0.3, 0.4) is 0 Å². The summed E-state index contributed by atoms with van der Waals surface area (Å²) in [6.07, 6.45) is 4.01. The van der Waals surface area contributed by atoms with Crippen molar-refractivity contribution in [1.82, 2.24) is 20.4 Å². The number of rotatable bonds is 4. The fourth-order valence-corrected chi connectivity index (χ4v) is 3.14. The van der Waals surface area contributed by atoms with Crippen molar-refractivity contribution in [2.75, 3.05) is 0 Å². The lowest BCUT2D eigenvalue weighted by atomic mass is 10.2. The highest BCUT2D eigenvalue weighted by molar-refractivity contribution is 7.13. The van der Waals surface area contributed by atoms with E-state index in [2.05, 4.69) is 15.7 Å². The minimum absolute atomic E-state index is 0.114. The number of nitrogens with one attached hydrogen (secondary N) is 2. The zero-order valence-corrected chi connectivity index (χ0v) is 13.1. The molecular formula is C14H16N4O4S. The van der Waals surface area contributed by atoms with Crippen LogP contribution in [0.5, 0.6) is 0 Å². The van der Waals surface area contributed by atoms with E-state index in [-0.39, 0.29) is 18.5 Å². The Labute approximate surface area is 135 Å². The molecule has 1 saturated carbocycles. The Morgan fingerprint density at radius 2 is 2.17 bits per heavy atom. The van der Waals surface area contributed by atoms with Crippen LogP contribution in [0.1, 0.15) is 25.7 Å². The molecule has 2 heterocycles. The molecule has 0 aliphatic heterocycles. The maximum absolute atomic E-state index is 11.8. The van der Waals surface area contributed by atoms with E-state index in [0.29, 0.717) is 4.88 Å². The summed E-state index contributed by atoms with van der Waals surface area (Å²) in [7, 11) is 0. The quantitative estimate of drug-likeness (QED) is 0.876. The average molecular weight is 336 g/mol. The molecule has 2 aromatic rings.